The van der Waals surface area contributed by atoms with Crippen molar-refractivity contribution in [3.8, 4) is 11.5 Å². The predicted molar refractivity (Wildman–Crippen MR) is 68.8 cm³/mol. The quantitative estimate of drug-likeness (QED) is 0.804. The summed E-state index contributed by atoms with van der Waals surface area (Å²) < 4.78 is 10.4. The lowest BCUT2D eigenvalue weighted by atomic mass is 10.0. The number of amides is 1. The number of rotatable bonds is 3. The first-order chi connectivity index (χ1) is 8.43. The summed E-state index contributed by atoms with van der Waals surface area (Å²) in [5, 5.41) is 2.94. The Kier molecular flexibility index (Phi) is 3.07. The van der Waals surface area contributed by atoms with Gasteiger partial charge in [0.05, 0.1) is 5.56 Å². The van der Waals surface area contributed by atoms with Crippen molar-refractivity contribution in [1.29, 1.82) is 0 Å². The molecule has 0 spiro atoms. The first-order valence-electron chi connectivity index (χ1n) is 5.94. The molecule has 0 radical (unpaired) electrons. The smallest absolute Gasteiger partial charge is 0.253 e. The highest BCUT2D eigenvalue weighted by molar-refractivity contribution is 6.00. The number of anilines is 1. The lowest BCUT2D eigenvalue weighted by Gasteiger charge is -2.24. The van der Waals surface area contributed by atoms with Crippen LogP contribution >= 0.6 is 0 Å². The Morgan fingerprint density at radius 1 is 1.39 bits per heavy atom. The Hall–Kier alpha value is -1.91. The van der Waals surface area contributed by atoms with E-state index in [9.17, 15) is 4.79 Å². The third kappa shape index (κ3) is 2.34. The van der Waals surface area contributed by atoms with Crippen molar-refractivity contribution in [3.63, 3.8) is 0 Å². The third-order valence-electron chi connectivity index (χ3n) is 3.13. The molecular weight excluding hydrogens is 232 g/mol. The van der Waals surface area contributed by atoms with Crippen molar-refractivity contribution in [2.45, 2.75) is 32.7 Å². The number of benzene rings is 1. The largest absolute Gasteiger partial charge is 0.454 e. The van der Waals surface area contributed by atoms with Gasteiger partial charge < -0.3 is 20.5 Å². The summed E-state index contributed by atoms with van der Waals surface area (Å²) in [6.45, 7) is 6.12. The molecule has 0 saturated heterocycles. The van der Waals surface area contributed by atoms with Crippen LogP contribution in [0, 0.1) is 0 Å². The molecule has 0 atom stereocenters. The second-order valence-corrected chi connectivity index (χ2v) is 4.98. The van der Waals surface area contributed by atoms with E-state index in [1.165, 1.54) is 0 Å². The highest BCUT2D eigenvalue weighted by Gasteiger charge is 2.23. The van der Waals surface area contributed by atoms with Crippen LogP contribution in [0.1, 0.15) is 37.6 Å². The zero-order valence-corrected chi connectivity index (χ0v) is 10.9. The standard InChI is InChI=1S/C13H18N2O3/c1-4-13(2,3)15-12(16)8-5-10-11(6-9(8)14)18-7-17-10/h5-6H,4,7,14H2,1-3H3,(H,15,16). The molecular formula is C13H18N2O3. The van der Waals surface area contributed by atoms with Crippen LogP contribution in [0.3, 0.4) is 0 Å². The number of nitrogens with one attached hydrogen (secondary N) is 1. The van der Waals surface area contributed by atoms with E-state index in [0.29, 0.717) is 22.7 Å². The molecule has 1 aliphatic heterocycles. The van der Waals surface area contributed by atoms with Crippen LogP contribution in [0.2, 0.25) is 0 Å². The van der Waals surface area contributed by atoms with E-state index in [2.05, 4.69) is 5.32 Å². The highest BCUT2D eigenvalue weighted by atomic mass is 16.7. The summed E-state index contributed by atoms with van der Waals surface area (Å²) >= 11 is 0. The van der Waals surface area contributed by atoms with Crippen LogP contribution in [-0.2, 0) is 0 Å². The second-order valence-electron chi connectivity index (χ2n) is 4.98. The number of ether oxygens (including phenoxy) is 2. The van der Waals surface area contributed by atoms with E-state index in [4.69, 9.17) is 15.2 Å². The van der Waals surface area contributed by atoms with Crippen molar-refractivity contribution in [2.24, 2.45) is 0 Å². The van der Waals surface area contributed by atoms with E-state index in [-0.39, 0.29) is 18.2 Å². The van der Waals surface area contributed by atoms with Gasteiger partial charge in [0.25, 0.3) is 5.91 Å². The maximum Gasteiger partial charge on any atom is 0.253 e. The molecule has 5 nitrogen and oxygen atoms in total. The molecule has 0 fully saturated rings. The topological polar surface area (TPSA) is 73.6 Å². The first kappa shape index (κ1) is 12.5. The Bertz CT molecular complexity index is 483. The molecule has 18 heavy (non-hydrogen) atoms. The fraction of sp³-hybridized carbons (Fsp3) is 0.462. The molecule has 0 saturated carbocycles. The van der Waals surface area contributed by atoms with Crippen molar-refractivity contribution in [3.05, 3.63) is 17.7 Å². The first-order valence-corrected chi connectivity index (χ1v) is 5.94. The van der Waals surface area contributed by atoms with Gasteiger partial charge in [0, 0.05) is 17.3 Å². The Morgan fingerprint density at radius 3 is 2.61 bits per heavy atom. The number of fused-ring (bicyclic) bond motifs is 1. The third-order valence-corrected chi connectivity index (χ3v) is 3.13. The van der Waals surface area contributed by atoms with E-state index in [1.54, 1.807) is 12.1 Å². The van der Waals surface area contributed by atoms with Gasteiger partial charge in [0.15, 0.2) is 11.5 Å². The summed E-state index contributed by atoms with van der Waals surface area (Å²) in [4.78, 5) is 12.2. The minimum absolute atomic E-state index is 0.167. The lowest BCUT2D eigenvalue weighted by molar-refractivity contribution is 0.0911. The number of carbonyl (C=O) groups excluding carboxylic acids is 1. The summed E-state index contributed by atoms with van der Waals surface area (Å²) in [5.41, 5.74) is 6.40. The van der Waals surface area contributed by atoms with Crippen molar-refractivity contribution < 1.29 is 14.3 Å². The predicted octanol–water partition coefficient (Wildman–Crippen LogP) is 1.92. The zero-order chi connectivity index (χ0) is 13.3. The number of nitrogens with two attached hydrogens (primary N) is 1. The number of nitrogen functional groups attached to an aromatic ring is 1. The Balaban J connectivity index is 2.26. The summed E-state index contributed by atoms with van der Waals surface area (Å²) in [6.07, 6.45) is 0.837. The molecule has 98 valence electrons. The fourth-order valence-electron chi connectivity index (χ4n) is 1.62. The second kappa shape index (κ2) is 4.40. The SMILES string of the molecule is CCC(C)(C)NC(=O)c1cc2c(cc1N)OCO2. The Morgan fingerprint density at radius 2 is 2.00 bits per heavy atom. The van der Waals surface area contributed by atoms with Crippen LogP contribution < -0.4 is 20.5 Å². The fourth-order valence-corrected chi connectivity index (χ4v) is 1.62. The maximum absolute atomic E-state index is 12.2. The maximum atomic E-state index is 12.2. The number of carbonyl (C=O) groups is 1. The minimum Gasteiger partial charge on any atom is -0.454 e. The lowest BCUT2D eigenvalue weighted by Crippen LogP contribution is -2.43. The van der Waals surface area contributed by atoms with E-state index >= 15 is 0 Å². The average molecular weight is 250 g/mol. The van der Waals surface area contributed by atoms with E-state index in [0.717, 1.165) is 6.42 Å². The average Bonchev–Trinajstić information content (AvgIpc) is 2.74. The zero-order valence-electron chi connectivity index (χ0n) is 10.9. The van der Waals surface area contributed by atoms with Gasteiger partial charge in [-0.05, 0) is 26.3 Å². The molecule has 1 amide bonds. The van der Waals surface area contributed by atoms with Gasteiger partial charge in [-0.3, -0.25) is 4.79 Å². The van der Waals surface area contributed by atoms with Gasteiger partial charge in [-0.1, -0.05) is 6.92 Å². The minimum atomic E-state index is -0.264. The molecule has 5 heteroatoms. The Labute approximate surface area is 106 Å². The van der Waals surface area contributed by atoms with Crippen molar-refractivity contribution in [1.82, 2.24) is 5.32 Å². The molecule has 0 unspecified atom stereocenters. The van der Waals surface area contributed by atoms with Crippen molar-refractivity contribution in [2.75, 3.05) is 12.5 Å². The highest BCUT2D eigenvalue weighted by Crippen LogP contribution is 2.36. The molecule has 1 aromatic carbocycles. The van der Waals surface area contributed by atoms with Gasteiger partial charge in [-0.15, -0.1) is 0 Å². The van der Waals surface area contributed by atoms with Crippen LogP contribution in [-0.4, -0.2) is 18.2 Å². The molecule has 1 aromatic rings. The van der Waals surface area contributed by atoms with Gasteiger partial charge in [0.1, 0.15) is 0 Å². The van der Waals surface area contributed by atoms with Gasteiger partial charge in [-0.2, -0.15) is 0 Å². The summed E-state index contributed by atoms with van der Waals surface area (Å²) in [5.74, 6) is 0.945. The number of hydrogen-bond donors (Lipinski definition) is 2. The van der Waals surface area contributed by atoms with Crippen LogP contribution in [0.4, 0.5) is 5.69 Å². The van der Waals surface area contributed by atoms with Crippen molar-refractivity contribution >= 4 is 11.6 Å². The van der Waals surface area contributed by atoms with Gasteiger partial charge in [-0.25, -0.2) is 0 Å². The van der Waals surface area contributed by atoms with Gasteiger partial charge >= 0.3 is 0 Å². The van der Waals surface area contributed by atoms with E-state index in [1.807, 2.05) is 20.8 Å². The molecule has 3 N–H and O–H groups in total. The molecule has 0 bridgehead atoms. The number of hydrogen-bond acceptors (Lipinski definition) is 4. The molecule has 1 heterocycles. The summed E-state index contributed by atoms with van der Waals surface area (Å²) in [7, 11) is 0. The van der Waals surface area contributed by atoms with Crippen LogP contribution in [0.15, 0.2) is 12.1 Å². The molecule has 1 aliphatic rings. The molecule has 2 rings (SSSR count). The molecule has 0 aliphatic carbocycles. The monoisotopic (exact) mass is 250 g/mol. The molecule has 0 aromatic heterocycles. The normalized spacial score (nSPS) is 13.5. The van der Waals surface area contributed by atoms with Crippen LogP contribution in [0.25, 0.3) is 0 Å². The van der Waals surface area contributed by atoms with Crippen LogP contribution in [0.5, 0.6) is 11.5 Å². The van der Waals surface area contributed by atoms with Gasteiger partial charge in [0.2, 0.25) is 6.79 Å². The van der Waals surface area contributed by atoms with E-state index < -0.39 is 0 Å². The summed E-state index contributed by atoms with van der Waals surface area (Å²) in [6, 6.07) is 3.24.